The van der Waals surface area contributed by atoms with Gasteiger partial charge >= 0.3 is 23.0 Å². The van der Waals surface area contributed by atoms with E-state index in [0.29, 0.717) is 18.8 Å². The van der Waals surface area contributed by atoms with Gasteiger partial charge < -0.3 is 10.2 Å². The third-order valence-corrected chi connectivity index (χ3v) is 7.76. The Bertz CT molecular complexity index is 1390. The summed E-state index contributed by atoms with van der Waals surface area (Å²) >= 11 is 0. The Morgan fingerprint density at radius 2 is 1.34 bits per heavy atom. The average molecular weight is 624 g/mol. The summed E-state index contributed by atoms with van der Waals surface area (Å²) in [6, 6.07) is 16.2. The number of carbonyl (C=O) groups is 1. The Hall–Kier alpha value is -3.19. The normalized spacial score (nSPS) is 17.8. The number of aliphatic imine (C=N–C) groups is 1. The second kappa shape index (κ2) is 15.2. The topological polar surface area (TPSA) is 157 Å². The van der Waals surface area contributed by atoms with Crippen molar-refractivity contribution in [2.24, 2.45) is 4.99 Å². The van der Waals surface area contributed by atoms with Crippen LogP contribution in [0.2, 0.25) is 0 Å². The van der Waals surface area contributed by atoms with Gasteiger partial charge in [-0.25, -0.2) is 4.99 Å². The van der Waals surface area contributed by atoms with E-state index in [2.05, 4.69) is 19.9 Å². The van der Waals surface area contributed by atoms with E-state index < -0.39 is 16.1 Å². The molecule has 218 valence electrons. The third kappa shape index (κ3) is 9.70. The van der Waals surface area contributed by atoms with Crippen molar-refractivity contribution in [3.05, 3.63) is 84.4 Å². The molecule has 3 N–H and O–H groups in total. The van der Waals surface area contributed by atoms with Crippen molar-refractivity contribution in [2.45, 2.75) is 55.8 Å². The van der Waals surface area contributed by atoms with Crippen molar-refractivity contribution < 1.29 is 45.0 Å². The van der Waals surface area contributed by atoms with Crippen LogP contribution in [0, 0.1) is 0 Å². The fourth-order valence-electron chi connectivity index (χ4n) is 5.16. The van der Waals surface area contributed by atoms with Gasteiger partial charge in [-0.3, -0.25) is 29.1 Å². The smallest absolute Gasteiger partial charge is 0.495 e. The second-order valence-corrected chi connectivity index (χ2v) is 11.2. The molecule has 1 unspecified atom stereocenters. The molecule has 1 aliphatic rings. The Kier molecular flexibility index (Phi) is 11.9. The van der Waals surface area contributed by atoms with Gasteiger partial charge in [-0.05, 0) is 61.4 Å². The molecule has 0 spiro atoms. The number of benzene rings is 1. The largest absolute Gasteiger partial charge is 2.00 e. The molecule has 0 bridgehead atoms. The summed E-state index contributed by atoms with van der Waals surface area (Å²) in [4.78, 5) is 28.8. The quantitative estimate of drug-likeness (QED) is 0.118. The number of hydrogen-bond acceptors (Lipinski definition) is 8. The van der Waals surface area contributed by atoms with Gasteiger partial charge in [0, 0.05) is 37.6 Å². The molecule has 2 atom stereocenters. The van der Waals surface area contributed by atoms with Gasteiger partial charge in [-0.15, -0.1) is 0 Å². The van der Waals surface area contributed by atoms with Gasteiger partial charge in [0.15, 0.2) is 0 Å². The summed E-state index contributed by atoms with van der Waals surface area (Å²) in [6.07, 6.45) is 6.90. The predicted octanol–water partition coefficient (Wildman–Crippen LogP) is 3.71. The molecule has 3 aromatic rings. The van der Waals surface area contributed by atoms with Crippen molar-refractivity contribution in [1.82, 2.24) is 19.8 Å². The number of pyridine rings is 2. The maximum atomic E-state index is 11.9. The minimum Gasteiger partial charge on any atom is -0.495 e. The van der Waals surface area contributed by atoms with Gasteiger partial charge in [0.2, 0.25) is 5.90 Å². The van der Waals surface area contributed by atoms with Crippen LogP contribution in [-0.4, -0.2) is 80.0 Å². The van der Waals surface area contributed by atoms with Crippen LogP contribution in [0.4, 0.5) is 5.69 Å². The van der Waals surface area contributed by atoms with Gasteiger partial charge in [0.05, 0.1) is 35.1 Å². The van der Waals surface area contributed by atoms with Crippen molar-refractivity contribution in [3.63, 3.8) is 0 Å². The summed E-state index contributed by atoms with van der Waals surface area (Å²) in [5.41, 5.74) is 1.90. The molecule has 1 saturated carbocycles. The van der Waals surface area contributed by atoms with Gasteiger partial charge in [0.25, 0.3) is 10.1 Å². The SMILES string of the molecule is O=C(O)CN(Cc1ccccn1)[C@H]1CCCCC1N(CC(O)=Nc1ccc(S(=O)(=O)O)cc1)Cc1ccccn1.[Fe+2]. The van der Waals surface area contributed by atoms with Crippen molar-refractivity contribution in [3.8, 4) is 0 Å². The minimum absolute atomic E-state index is 0. The van der Waals surface area contributed by atoms with Crippen LogP contribution in [0.15, 0.2) is 82.9 Å². The average Bonchev–Trinajstić information content (AvgIpc) is 2.93. The summed E-state index contributed by atoms with van der Waals surface area (Å²) in [5.74, 6) is -1.11. The molecule has 0 amide bonds. The number of aliphatic carboxylic acids is 1. The molecule has 1 aliphatic carbocycles. The van der Waals surface area contributed by atoms with Crippen LogP contribution in [0.1, 0.15) is 37.1 Å². The van der Waals surface area contributed by atoms with Crippen molar-refractivity contribution in [2.75, 3.05) is 13.1 Å². The molecular weight excluding hydrogens is 590 g/mol. The van der Waals surface area contributed by atoms with Crippen LogP contribution < -0.4 is 0 Å². The predicted molar refractivity (Wildman–Crippen MR) is 149 cm³/mol. The Morgan fingerprint density at radius 3 is 1.78 bits per heavy atom. The molecule has 0 saturated heterocycles. The summed E-state index contributed by atoms with van der Waals surface area (Å²) < 4.78 is 31.9. The van der Waals surface area contributed by atoms with E-state index in [1.807, 2.05) is 41.3 Å². The van der Waals surface area contributed by atoms with E-state index in [1.165, 1.54) is 24.3 Å². The fraction of sp³-hybridized carbons (Fsp3) is 0.357. The molecule has 13 heteroatoms. The number of aliphatic hydroxyl groups is 1. The molecule has 4 rings (SSSR count). The first kappa shape index (κ1) is 32.3. The molecule has 11 nitrogen and oxygen atoms in total. The zero-order chi connectivity index (χ0) is 28.5. The fourth-order valence-corrected chi connectivity index (χ4v) is 5.64. The first-order valence-corrected chi connectivity index (χ1v) is 14.5. The van der Waals surface area contributed by atoms with Crippen LogP contribution in [0.25, 0.3) is 0 Å². The molecule has 0 aliphatic heterocycles. The van der Waals surface area contributed by atoms with Gasteiger partial charge in [-0.1, -0.05) is 25.0 Å². The standard InChI is InChI=1S/C28H33N5O6S.Fe/c34-27(31-21-11-13-24(14-12-21)40(37,38)39)19-32(17-22-7-3-5-15-29-22)25-9-1-2-10-26(25)33(20-28(35)36)18-23-8-4-6-16-30-23;/h3-8,11-16,25-26H,1-2,9-10,17-20H2,(H,31,34)(H,35,36)(H,37,38,39);/q;+2/t25?,26-;/m0./s1. The molecule has 1 fully saturated rings. The van der Waals surface area contributed by atoms with E-state index in [9.17, 15) is 28.0 Å². The van der Waals surface area contributed by atoms with Crippen molar-refractivity contribution >= 4 is 27.7 Å². The number of carboxylic acid groups (broad SMARTS) is 1. The van der Waals surface area contributed by atoms with Crippen molar-refractivity contribution in [1.29, 1.82) is 0 Å². The first-order valence-electron chi connectivity index (χ1n) is 13.0. The monoisotopic (exact) mass is 623 g/mol. The maximum absolute atomic E-state index is 11.9. The van der Waals surface area contributed by atoms with Gasteiger partial charge in [0.1, 0.15) is 0 Å². The van der Waals surface area contributed by atoms with Crippen LogP contribution in [0.5, 0.6) is 0 Å². The van der Waals surface area contributed by atoms with Gasteiger partial charge in [-0.2, -0.15) is 8.42 Å². The Labute approximate surface area is 250 Å². The van der Waals surface area contributed by atoms with Crippen LogP contribution in [-0.2, 0) is 45.1 Å². The molecule has 41 heavy (non-hydrogen) atoms. The number of carboxylic acids is 1. The zero-order valence-corrected chi connectivity index (χ0v) is 24.2. The minimum atomic E-state index is -4.34. The Balaban J connectivity index is 0.00000462. The van der Waals surface area contributed by atoms with Crippen LogP contribution in [0.3, 0.4) is 0 Å². The number of rotatable bonds is 12. The second-order valence-electron chi connectivity index (χ2n) is 9.76. The number of nitrogens with zero attached hydrogens (tertiary/aromatic N) is 5. The maximum Gasteiger partial charge on any atom is 2.00 e. The summed E-state index contributed by atoms with van der Waals surface area (Å²) in [5, 5.41) is 20.7. The number of hydrogen-bond donors (Lipinski definition) is 3. The molecule has 2 heterocycles. The zero-order valence-electron chi connectivity index (χ0n) is 22.3. The third-order valence-electron chi connectivity index (χ3n) is 6.89. The van der Waals surface area contributed by atoms with E-state index in [0.717, 1.165) is 37.1 Å². The summed E-state index contributed by atoms with van der Waals surface area (Å²) in [7, 11) is -4.34. The molecule has 0 radical (unpaired) electrons. The van der Waals surface area contributed by atoms with E-state index in [-0.39, 0.29) is 53.0 Å². The molecule has 1 aromatic carbocycles. The number of aromatic nitrogens is 2. The van der Waals surface area contributed by atoms with Crippen LogP contribution >= 0.6 is 0 Å². The number of aliphatic hydroxyl groups excluding tert-OH is 1. The summed E-state index contributed by atoms with van der Waals surface area (Å²) in [6.45, 7) is 0.720. The Morgan fingerprint density at radius 1 is 0.829 bits per heavy atom. The van der Waals surface area contributed by atoms with E-state index in [4.69, 9.17) is 0 Å². The van der Waals surface area contributed by atoms with E-state index in [1.54, 1.807) is 12.4 Å². The van der Waals surface area contributed by atoms with E-state index >= 15 is 0 Å². The molecular formula is C28H33FeN5O6S+2. The first-order chi connectivity index (χ1) is 19.2. The molecule has 2 aromatic heterocycles.